The predicted octanol–water partition coefficient (Wildman–Crippen LogP) is 17.3. The topological polar surface area (TPSA) is 376 Å². The van der Waals surface area contributed by atoms with E-state index in [0.717, 1.165) is 81.1 Å². The number of nitrogens with one attached hydrogen (secondary N) is 6. The van der Waals surface area contributed by atoms with Gasteiger partial charge in [-0.15, -0.1) is 0 Å². The lowest BCUT2D eigenvalue weighted by molar-refractivity contribution is -0.142. The molecule has 5 fully saturated rings. The van der Waals surface area contributed by atoms with Crippen molar-refractivity contribution in [1.82, 2.24) is 46.9 Å². The molecular weight excluding hydrogens is 1730 g/mol. The third kappa shape index (κ3) is 27.5. The molecule has 0 aliphatic heterocycles. The average Bonchev–Trinajstić information content (AvgIpc) is 1.60. The number of hydrogen-bond donors (Lipinski definition) is 9. The van der Waals surface area contributed by atoms with Crippen molar-refractivity contribution in [2.45, 2.75) is 190 Å². The molecule has 3 heterocycles. The Balaban J connectivity index is 0.000000224. The van der Waals surface area contributed by atoms with E-state index in [1.807, 2.05) is 20.8 Å². The molecule has 40 heteroatoms. The number of aromatic nitrogens is 3. The average molecular weight is 1810 g/mol. The highest BCUT2D eigenvalue weighted by Crippen LogP contribution is 2.58. The Morgan fingerprint density at radius 3 is 0.833 bits per heavy atom. The van der Waals surface area contributed by atoms with Crippen LogP contribution in [0.2, 0.25) is 15.1 Å². The summed E-state index contributed by atoms with van der Waals surface area (Å²) in [5.74, 6) is -12.1. The molecule has 5 saturated carbocycles. The summed E-state index contributed by atoms with van der Waals surface area (Å²) in [6, 6.07) is 17.5. The highest BCUT2D eigenvalue weighted by atomic mass is 35.5. The van der Waals surface area contributed by atoms with E-state index < -0.39 is 121 Å². The van der Waals surface area contributed by atoms with Gasteiger partial charge in [0.1, 0.15) is 27.9 Å². The predicted molar refractivity (Wildman–Crippen MR) is 421 cm³/mol. The van der Waals surface area contributed by atoms with Crippen molar-refractivity contribution < 1.29 is 117 Å². The molecule has 6 aromatic rings. The lowest BCUT2D eigenvalue weighted by Crippen LogP contribution is -2.41. The summed E-state index contributed by atoms with van der Waals surface area (Å²) >= 11 is 33.5. The van der Waals surface area contributed by atoms with Gasteiger partial charge >= 0.3 is 17.9 Å². The Hall–Kier alpha value is -9.61. The first-order chi connectivity index (χ1) is 55.6. The zero-order valence-electron chi connectivity index (χ0n) is 65.3. The molecule has 9 N–H and O–H groups in total. The molecule has 11 rings (SSSR count). The van der Waals surface area contributed by atoms with Crippen LogP contribution < -0.4 is 31.9 Å². The monoisotopic (exact) mass is 1810 g/mol. The lowest BCUT2D eigenvalue weighted by Gasteiger charge is -2.22. The minimum atomic E-state index is -3.17. The van der Waals surface area contributed by atoms with E-state index in [1.165, 1.54) is 36.5 Å². The molecule has 120 heavy (non-hydrogen) atoms. The van der Waals surface area contributed by atoms with Gasteiger partial charge in [-0.2, -0.15) is 0 Å². The van der Waals surface area contributed by atoms with E-state index in [1.54, 1.807) is 51.1 Å². The van der Waals surface area contributed by atoms with Gasteiger partial charge in [-0.3, -0.25) is 58.1 Å². The molecule has 5 aliphatic rings. The van der Waals surface area contributed by atoms with Crippen LogP contribution in [-0.2, 0) is 68.0 Å². The zero-order chi connectivity index (χ0) is 90.3. The number of carboxylic acid groups (broad SMARTS) is 3. The van der Waals surface area contributed by atoms with Crippen LogP contribution in [0.5, 0.6) is 0 Å². The second-order valence-electron chi connectivity index (χ2n) is 30.9. The summed E-state index contributed by atoms with van der Waals surface area (Å²) in [7, 11) is 0. The van der Waals surface area contributed by atoms with Crippen LogP contribution in [0.4, 0.5) is 43.9 Å². The van der Waals surface area contributed by atoms with E-state index in [4.69, 9.17) is 84.9 Å². The highest BCUT2D eigenvalue weighted by Gasteiger charge is 2.65. The summed E-state index contributed by atoms with van der Waals surface area (Å²) in [5, 5.41) is 40.8. The molecule has 5 aliphatic carbocycles. The summed E-state index contributed by atoms with van der Waals surface area (Å²) < 4.78 is 129. The largest absolute Gasteiger partial charge is 0.478 e. The fraction of sp³-hybridized carbons (Fsp3) is 0.438. The molecule has 0 radical (unpaired) electrons. The first-order valence-electron chi connectivity index (χ1n) is 36.5. The lowest BCUT2D eigenvalue weighted by atomic mass is 9.95. The number of carbonyl (C=O) groups is 12. The van der Waals surface area contributed by atoms with Gasteiger partial charge in [-0.25, -0.2) is 58.3 Å². The number of aromatic carboxylic acids is 3. The maximum atomic E-state index is 13.4. The van der Waals surface area contributed by atoms with Gasteiger partial charge in [0.15, 0.2) is 0 Å². The first-order valence-corrected chi connectivity index (χ1v) is 38.7. The zero-order valence-corrected chi connectivity index (χ0v) is 69.9. The normalized spacial score (nSPS) is 15.4. The van der Waals surface area contributed by atoms with Crippen LogP contribution in [0, 0.1) is 32.5 Å². The molecule has 0 saturated heterocycles. The van der Waals surface area contributed by atoms with E-state index in [9.17, 15) is 101 Å². The van der Waals surface area contributed by atoms with Crippen molar-refractivity contribution in [3.63, 3.8) is 0 Å². The Labute approximate surface area is 711 Å². The van der Waals surface area contributed by atoms with E-state index in [-0.39, 0.29) is 130 Å². The molecular formula is C80H83Cl6F10N9O15. The first kappa shape index (κ1) is 99.2. The molecule has 0 spiro atoms. The molecule has 3 aromatic heterocycles. The number of carbonyl (C=O) groups excluding carboxylic acids is 9. The van der Waals surface area contributed by atoms with Crippen LogP contribution in [0.1, 0.15) is 251 Å². The van der Waals surface area contributed by atoms with Crippen LogP contribution in [-0.4, -0.2) is 111 Å². The molecule has 0 atom stereocenters. The second-order valence-corrected chi connectivity index (χ2v) is 33.1. The summed E-state index contributed by atoms with van der Waals surface area (Å²) in [6.45, 7) is 13.0. The van der Waals surface area contributed by atoms with Crippen molar-refractivity contribution in [2.75, 3.05) is 0 Å². The van der Waals surface area contributed by atoms with Gasteiger partial charge in [0, 0.05) is 93.4 Å². The van der Waals surface area contributed by atoms with Gasteiger partial charge in [-0.05, 0) is 187 Å². The number of alkyl halides is 10. The second kappa shape index (κ2) is 40.8. The highest BCUT2D eigenvalue weighted by molar-refractivity contribution is 6.69. The van der Waals surface area contributed by atoms with Crippen molar-refractivity contribution in [3.05, 3.63) is 190 Å². The molecule has 0 bridgehead atoms. The smallest absolute Gasteiger partial charge is 0.337 e. The summed E-state index contributed by atoms with van der Waals surface area (Å²) in [5.41, 5.74) is -5.04. The quantitative estimate of drug-likeness (QED) is 0.0163. The molecule has 650 valence electrons. The standard InChI is InChI=1S/C14H13Cl2F2NO2.C14H14F4N2O3.C13H13Cl2NO2.C13H15ClF2N2O2.C13H14ClNO3.C13H14F2N2O3/c1-13(17,18)14(4-5-14)12(21)19-7-8-2-3-10(15)9(6-8)11(16)20;1-13(17,18)14(2-3-14)12(23)20-6-7-4-8(11(21)22)9(10(15)16)19-5-7;1-13(4-5-13)12(18)16-7-8-2-3-10(14)9(6-8)11(15)17;1-13(2,3)12(20)18-6-7-4-8(10(14)19)9(11(15)16)17-5-7;1-13(4-5-13)12(18)15-7-8-2-3-10(14)9(6-8)11(16)17;1-13(2-3-13)12(20)17-6-7-4-8(11(18)19)9(10(14)15)16-5-7/h2-3,6H,4-5,7H2,1H3,(H,19,21);4-5,10H,2-3,6H2,1H3,(H,20,23)(H,21,22);2-3,6H,4-5,7H2,1H3,(H,16,18);4-5,11H,6H2,1-3H3,(H,18,20);2-3,6H,4-5,7H2,1H3,(H,15,18)(H,16,17);4-5,10H,2-3,6H2,1H3,(H,17,20)(H,18,19). The van der Waals surface area contributed by atoms with Crippen molar-refractivity contribution >= 4 is 139 Å². The number of amides is 6. The maximum Gasteiger partial charge on any atom is 0.337 e. The van der Waals surface area contributed by atoms with Crippen molar-refractivity contribution in [1.29, 1.82) is 0 Å². The van der Waals surface area contributed by atoms with Gasteiger partial charge in [-0.1, -0.05) is 94.5 Å². The van der Waals surface area contributed by atoms with Gasteiger partial charge in [0.25, 0.3) is 46.8 Å². The van der Waals surface area contributed by atoms with E-state index in [0.29, 0.717) is 41.7 Å². The van der Waals surface area contributed by atoms with Crippen LogP contribution in [0.15, 0.2) is 91.4 Å². The number of nitrogens with zero attached hydrogens (tertiary/aromatic N) is 3. The number of benzene rings is 3. The van der Waals surface area contributed by atoms with Crippen molar-refractivity contribution in [2.24, 2.45) is 32.5 Å². The molecule has 24 nitrogen and oxygen atoms in total. The summed E-state index contributed by atoms with van der Waals surface area (Å²) in [4.78, 5) is 147. The SMILES string of the molecule is CC(C)(C)C(=O)NCc1cnc(C(F)F)c(C(=O)Cl)c1.CC(F)(F)C1(C(=O)NCc2ccc(Cl)c(C(=O)Cl)c2)CC1.CC(F)(F)C1(C(=O)NCc2cnc(C(F)F)c(C(=O)O)c2)CC1.CC1(C(=O)NCc2ccc(Cl)c(C(=O)Cl)c2)CC1.CC1(C(=O)NCc2ccc(Cl)c(C(=O)O)c2)CC1.CC1(C(=O)NCc2cnc(C(F)F)c(C(=O)O)c2)CC1. The number of halogens is 16. The van der Waals surface area contributed by atoms with Gasteiger partial charge in [0.2, 0.25) is 35.4 Å². The Morgan fingerprint density at radius 1 is 0.358 bits per heavy atom. The van der Waals surface area contributed by atoms with Crippen molar-refractivity contribution in [3.8, 4) is 0 Å². The molecule has 3 aromatic carbocycles. The molecule has 6 amide bonds. The van der Waals surface area contributed by atoms with Crippen LogP contribution >= 0.6 is 69.6 Å². The van der Waals surface area contributed by atoms with Gasteiger partial charge in [0.05, 0.1) is 48.4 Å². The Bertz CT molecular complexity index is 4710. The van der Waals surface area contributed by atoms with Crippen LogP contribution in [0.3, 0.4) is 0 Å². The fourth-order valence-electron chi connectivity index (χ4n) is 10.9. The minimum Gasteiger partial charge on any atom is -0.478 e. The minimum absolute atomic E-state index is 0.0225. The molecule has 0 unspecified atom stereocenters. The Kier molecular flexibility index (Phi) is 33.8. The summed E-state index contributed by atoms with van der Waals surface area (Å²) in [6.07, 6.45) is 0.257. The number of carboxylic acids is 3. The maximum absolute atomic E-state index is 13.4. The third-order valence-electron chi connectivity index (χ3n) is 20.1. The number of rotatable bonds is 28. The fourth-order valence-corrected chi connectivity index (χ4v) is 12.1. The number of hydrogen-bond acceptors (Lipinski definition) is 15. The van der Waals surface area contributed by atoms with Crippen LogP contribution in [0.25, 0.3) is 0 Å². The van der Waals surface area contributed by atoms with E-state index in [2.05, 4.69) is 46.9 Å². The van der Waals surface area contributed by atoms with E-state index >= 15 is 0 Å². The van der Waals surface area contributed by atoms with Gasteiger partial charge < -0.3 is 47.2 Å². The Morgan fingerprint density at radius 2 is 0.592 bits per heavy atom. The third-order valence-corrected chi connectivity index (χ3v) is 21.7. The number of pyridine rings is 3.